The first-order valence-electron chi connectivity index (χ1n) is 10.4. The number of thioether (sulfide) groups is 1. The lowest BCUT2D eigenvalue weighted by molar-refractivity contribution is -0.128. The highest BCUT2D eigenvalue weighted by atomic mass is 32.2. The molecule has 2 aromatic carbocycles. The summed E-state index contributed by atoms with van der Waals surface area (Å²) in [6.45, 7) is 3.16. The minimum atomic E-state index is 0.141. The van der Waals surface area contributed by atoms with E-state index in [1.54, 1.807) is 26.4 Å². The summed E-state index contributed by atoms with van der Waals surface area (Å²) in [7, 11) is 3.17. The number of para-hydroxylation sites is 1. The number of benzene rings is 2. The molecule has 1 saturated heterocycles. The van der Waals surface area contributed by atoms with Crippen LogP contribution in [0.1, 0.15) is 5.89 Å². The van der Waals surface area contributed by atoms with E-state index < -0.39 is 0 Å². The Balaban J connectivity index is 1.25. The van der Waals surface area contributed by atoms with Crippen LogP contribution in [0.2, 0.25) is 0 Å². The smallest absolute Gasteiger partial charge is 0.236 e. The van der Waals surface area contributed by atoms with E-state index in [1.807, 2.05) is 29.2 Å². The molecule has 1 amide bonds. The molecule has 0 aliphatic carbocycles. The molecule has 2 heterocycles. The number of carbonyl (C=O) groups excluding carboxylic acids is 1. The molecule has 8 nitrogen and oxygen atoms in total. The maximum atomic E-state index is 12.6. The van der Waals surface area contributed by atoms with Gasteiger partial charge in [-0.2, -0.15) is 4.98 Å². The lowest BCUT2D eigenvalue weighted by Gasteiger charge is -2.36. The molecule has 0 saturated carbocycles. The zero-order valence-corrected chi connectivity index (χ0v) is 19.0. The molecule has 0 radical (unpaired) electrons. The van der Waals surface area contributed by atoms with Crippen LogP contribution >= 0.6 is 11.8 Å². The van der Waals surface area contributed by atoms with Crippen molar-refractivity contribution in [2.24, 2.45) is 0 Å². The van der Waals surface area contributed by atoms with E-state index in [2.05, 4.69) is 27.2 Å². The topological polar surface area (TPSA) is 80.9 Å². The van der Waals surface area contributed by atoms with E-state index >= 15 is 0 Å². The third kappa shape index (κ3) is 5.16. The second-order valence-corrected chi connectivity index (χ2v) is 8.26. The van der Waals surface area contributed by atoms with Gasteiger partial charge in [-0.3, -0.25) is 4.79 Å². The summed E-state index contributed by atoms with van der Waals surface area (Å²) in [6.07, 6.45) is 0. The fourth-order valence-electron chi connectivity index (χ4n) is 3.58. The number of anilines is 1. The van der Waals surface area contributed by atoms with Crippen LogP contribution in [-0.2, 0) is 10.5 Å². The molecule has 9 heteroatoms. The summed E-state index contributed by atoms with van der Waals surface area (Å²) in [6, 6.07) is 15.8. The normalized spacial score (nSPS) is 13.8. The summed E-state index contributed by atoms with van der Waals surface area (Å²) >= 11 is 1.48. The number of rotatable bonds is 8. The molecule has 3 aromatic rings. The molecule has 1 aliphatic rings. The Kier molecular flexibility index (Phi) is 7.16. The Labute approximate surface area is 191 Å². The number of carbonyl (C=O) groups is 1. The largest absolute Gasteiger partial charge is 0.493 e. The first-order chi connectivity index (χ1) is 15.7. The summed E-state index contributed by atoms with van der Waals surface area (Å²) < 4.78 is 15.9. The zero-order valence-electron chi connectivity index (χ0n) is 18.2. The fourth-order valence-corrected chi connectivity index (χ4v) is 4.33. The first kappa shape index (κ1) is 22.0. The van der Waals surface area contributed by atoms with Crippen molar-refractivity contribution in [2.75, 3.05) is 51.1 Å². The van der Waals surface area contributed by atoms with Gasteiger partial charge in [0.15, 0.2) is 11.5 Å². The number of methoxy groups -OCH3 is 2. The third-order valence-electron chi connectivity index (χ3n) is 5.31. The Morgan fingerprint density at radius 2 is 1.78 bits per heavy atom. The Morgan fingerprint density at radius 1 is 1.03 bits per heavy atom. The molecule has 0 spiro atoms. The monoisotopic (exact) mass is 454 g/mol. The van der Waals surface area contributed by atoms with Crippen LogP contribution in [-0.4, -0.2) is 67.1 Å². The van der Waals surface area contributed by atoms with E-state index in [9.17, 15) is 4.79 Å². The number of aromatic nitrogens is 2. The van der Waals surface area contributed by atoms with Crippen molar-refractivity contribution in [3.63, 3.8) is 0 Å². The minimum absolute atomic E-state index is 0.141. The van der Waals surface area contributed by atoms with Crippen LogP contribution in [0.15, 0.2) is 53.1 Å². The lowest BCUT2D eigenvalue weighted by Crippen LogP contribution is -2.49. The van der Waals surface area contributed by atoms with E-state index in [-0.39, 0.29) is 5.91 Å². The van der Waals surface area contributed by atoms with Gasteiger partial charge in [0.05, 0.1) is 25.7 Å². The number of amides is 1. The standard InChI is InChI=1S/C23H26N4O4S/c1-29-19-9-8-17(14-20(19)30-2)23-24-21(31-25-23)15-32-16-22(28)27-12-10-26(11-13-27)18-6-4-3-5-7-18/h3-9,14H,10-13,15-16H2,1-2H3. The molecule has 0 bridgehead atoms. The van der Waals surface area contributed by atoms with Gasteiger partial charge in [0.25, 0.3) is 0 Å². The Hall–Kier alpha value is -3.20. The highest BCUT2D eigenvalue weighted by molar-refractivity contribution is 7.99. The fraction of sp³-hybridized carbons (Fsp3) is 0.348. The highest BCUT2D eigenvalue weighted by Crippen LogP contribution is 2.31. The Bertz CT molecular complexity index is 1040. The summed E-state index contributed by atoms with van der Waals surface area (Å²) in [5.41, 5.74) is 1.98. The molecular weight excluding hydrogens is 428 g/mol. The zero-order chi connectivity index (χ0) is 22.3. The molecule has 168 valence electrons. The van der Waals surface area contributed by atoms with Crippen LogP contribution < -0.4 is 14.4 Å². The molecule has 1 fully saturated rings. The number of ether oxygens (including phenoxy) is 2. The van der Waals surface area contributed by atoms with Crippen molar-refractivity contribution in [3.05, 3.63) is 54.4 Å². The predicted molar refractivity (Wildman–Crippen MR) is 124 cm³/mol. The number of hydrogen-bond acceptors (Lipinski definition) is 8. The highest BCUT2D eigenvalue weighted by Gasteiger charge is 2.21. The first-order valence-corrected chi connectivity index (χ1v) is 11.5. The van der Waals surface area contributed by atoms with Crippen LogP contribution in [0.25, 0.3) is 11.4 Å². The summed E-state index contributed by atoms with van der Waals surface area (Å²) in [5, 5.41) is 4.05. The SMILES string of the molecule is COc1ccc(-c2noc(CSCC(=O)N3CCN(c4ccccc4)CC3)n2)cc1OC. The predicted octanol–water partition coefficient (Wildman–Crippen LogP) is 3.34. The van der Waals surface area contributed by atoms with Gasteiger partial charge in [-0.1, -0.05) is 23.4 Å². The molecule has 32 heavy (non-hydrogen) atoms. The molecule has 1 aliphatic heterocycles. The van der Waals surface area contributed by atoms with E-state index in [0.717, 1.165) is 31.7 Å². The van der Waals surface area contributed by atoms with Crippen molar-refractivity contribution in [3.8, 4) is 22.9 Å². The lowest BCUT2D eigenvalue weighted by atomic mass is 10.2. The third-order valence-corrected chi connectivity index (χ3v) is 6.22. The van der Waals surface area contributed by atoms with Gasteiger partial charge >= 0.3 is 0 Å². The summed E-state index contributed by atoms with van der Waals surface area (Å²) in [4.78, 5) is 21.3. The second-order valence-electron chi connectivity index (χ2n) is 7.28. The second kappa shape index (κ2) is 10.4. The molecule has 4 rings (SSSR count). The van der Waals surface area contributed by atoms with Crippen LogP contribution in [0.4, 0.5) is 5.69 Å². The number of piperazine rings is 1. The van der Waals surface area contributed by atoms with Gasteiger partial charge < -0.3 is 23.8 Å². The van der Waals surface area contributed by atoms with E-state index in [4.69, 9.17) is 14.0 Å². The molecule has 0 atom stereocenters. The molecular formula is C23H26N4O4S. The maximum Gasteiger partial charge on any atom is 0.236 e. The van der Waals surface area contributed by atoms with Gasteiger partial charge in [0.2, 0.25) is 17.6 Å². The van der Waals surface area contributed by atoms with E-state index in [1.165, 1.54) is 17.4 Å². The van der Waals surface area contributed by atoms with Crippen molar-refractivity contribution in [1.29, 1.82) is 0 Å². The van der Waals surface area contributed by atoms with Crippen molar-refractivity contribution in [2.45, 2.75) is 5.75 Å². The van der Waals surface area contributed by atoms with Gasteiger partial charge in [0, 0.05) is 37.4 Å². The summed E-state index contributed by atoms with van der Waals surface area (Å²) in [5.74, 6) is 3.21. The Morgan fingerprint density at radius 3 is 2.50 bits per heavy atom. The molecule has 0 unspecified atom stereocenters. The average Bonchev–Trinajstić information content (AvgIpc) is 3.33. The van der Waals surface area contributed by atoms with Crippen LogP contribution in [0.3, 0.4) is 0 Å². The van der Waals surface area contributed by atoms with Crippen molar-refractivity contribution >= 4 is 23.4 Å². The molecule has 0 N–H and O–H groups in total. The van der Waals surface area contributed by atoms with Crippen LogP contribution in [0, 0.1) is 0 Å². The van der Waals surface area contributed by atoms with Gasteiger partial charge in [-0.05, 0) is 30.3 Å². The number of nitrogens with zero attached hydrogens (tertiary/aromatic N) is 4. The number of hydrogen-bond donors (Lipinski definition) is 0. The minimum Gasteiger partial charge on any atom is -0.493 e. The van der Waals surface area contributed by atoms with Gasteiger partial charge in [-0.15, -0.1) is 11.8 Å². The quantitative estimate of drug-likeness (QED) is 0.513. The maximum absolute atomic E-state index is 12.6. The average molecular weight is 455 g/mol. The van der Waals surface area contributed by atoms with Crippen molar-refractivity contribution in [1.82, 2.24) is 15.0 Å². The van der Waals surface area contributed by atoms with E-state index in [0.29, 0.717) is 34.7 Å². The molecule has 1 aromatic heterocycles. The van der Waals surface area contributed by atoms with Gasteiger partial charge in [0.1, 0.15) is 0 Å². The van der Waals surface area contributed by atoms with Crippen LogP contribution in [0.5, 0.6) is 11.5 Å². The van der Waals surface area contributed by atoms with Gasteiger partial charge in [-0.25, -0.2) is 0 Å². The van der Waals surface area contributed by atoms with Crippen molar-refractivity contribution < 1.29 is 18.8 Å².